The first-order chi connectivity index (χ1) is 11.3. The van der Waals surface area contributed by atoms with E-state index in [0.29, 0.717) is 5.75 Å². The summed E-state index contributed by atoms with van der Waals surface area (Å²) < 4.78 is 5.34. The molecule has 0 radical (unpaired) electrons. The second-order valence-electron chi connectivity index (χ2n) is 5.65. The van der Waals surface area contributed by atoms with Crippen LogP contribution in [-0.4, -0.2) is 69.0 Å². The highest BCUT2D eigenvalue weighted by Crippen LogP contribution is 2.10. The van der Waals surface area contributed by atoms with Crippen molar-refractivity contribution >= 4 is 5.96 Å². The number of rotatable bonds is 7. The number of phenolic OH excluding ortho intramolecular Hbond substituents is 1. The van der Waals surface area contributed by atoms with Crippen LogP contribution in [0, 0.1) is 0 Å². The SMILES string of the molecule is CN=C(NCCCc1ccc(O)cc1)NCCN1CCOCC1. The van der Waals surface area contributed by atoms with Crippen LogP contribution < -0.4 is 10.6 Å². The third-order valence-corrected chi connectivity index (χ3v) is 3.92. The second kappa shape index (κ2) is 10.1. The molecule has 0 amide bonds. The maximum Gasteiger partial charge on any atom is 0.191 e. The molecular weight excluding hydrogens is 292 g/mol. The van der Waals surface area contributed by atoms with Crippen LogP contribution in [-0.2, 0) is 11.2 Å². The zero-order chi connectivity index (χ0) is 16.3. The van der Waals surface area contributed by atoms with Gasteiger partial charge in [-0.25, -0.2) is 0 Å². The van der Waals surface area contributed by atoms with E-state index in [9.17, 15) is 5.11 Å². The van der Waals surface area contributed by atoms with Gasteiger partial charge in [0.15, 0.2) is 5.96 Å². The third-order valence-electron chi connectivity index (χ3n) is 3.92. The largest absolute Gasteiger partial charge is 0.508 e. The van der Waals surface area contributed by atoms with Crippen LogP contribution in [0.2, 0.25) is 0 Å². The van der Waals surface area contributed by atoms with Gasteiger partial charge in [0.1, 0.15) is 5.75 Å². The summed E-state index contributed by atoms with van der Waals surface area (Å²) in [5, 5.41) is 15.9. The fourth-order valence-electron chi connectivity index (χ4n) is 2.54. The molecule has 1 aliphatic heterocycles. The minimum Gasteiger partial charge on any atom is -0.508 e. The molecule has 0 aliphatic carbocycles. The highest BCUT2D eigenvalue weighted by molar-refractivity contribution is 5.79. The van der Waals surface area contributed by atoms with Crippen molar-refractivity contribution in [2.45, 2.75) is 12.8 Å². The van der Waals surface area contributed by atoms with E-state index < -0.39 is 0 Å². The summed E-state index contributed by atoms with van der Waals surface area (Å²) in [5.74, 6) is 1.17. The lowest BCUT2D eigenvalue weighted by molar-refractivity contribution is 0.0389. The van der Waals surface area contributed by atoms with Gasteiger partial charge in [-0.3, -0.25) is 9.89 Å². The van der Waals surface area contributed by atoms with E-state index in [-0.39, 0.29) is 0 Å². The number of ether oxygens (including phenoxy) is 1. The zero-order valence-corrected chi connectivity index (χ0v) is 13.9. The number of guanidine groups is 1. The number of aromatic hydroxyl groups is 1. The van der Waals surface area contributed by atoms with Crippen molar-refractivity contribution < 1.29 is 9.84 Å². The summed E-state index contributed by atoms with van der Waals surface area (Å²) in [4.78, 5) is 6.64. The lowest BCUT2D eigenvalue weighted by Gasteiger charge is -2.26. The molecule has 1 fully saturated rings. The van der Waals surface area contributed by atoms with Gasteiger partial charge in [-0.15, -0.1) is 0 Å². The molecule has 23 heavy (non-hydrogen) atoms. The van der Waals surface area contributed by atoms with E-state index >= 15 is 0 Å². The number of morpholine rings is 1. The number of aryl methyl sites for hydroxylation is 1. The van der Waals surface area contributed by atoms with Gasteiger partial charge in [-0.1, -0.05) is 12.1 Å². The molecule has 0 aromatic heterocycles. The summed E-state index contributed by atoms with van der Waals surface area (Å²) in [7, 11) is 1.80. The molecule has 1 heterocycles. The van der Waals surface area contributed by atoms with E-state index in [1.165, 1.54) is 5.56 Å². The minimum atomic E-state index is 0.316. The van der Waals surface area contributed by atoms with Crippen LogP contribution >= 0.6 is 0 Å². The first-order valence-corrected chi connectivity index (χ1v) is 8.30. The minimum absolute atomic E-state index is 0.316. The fourth-order valence-corrected chi connectivity index (χ4v) is 2.54. The van der Waals surface area contributed by atoms with Gasteiger partial charge in [0.2, 0.25) is 0 Å². The molecule has 1 aliphatic rings. The molecule has 2 rings (SSSR count). The van der Waals surface area contributed by atoms with Crippen molar-refractivity contribution in [2.75, 3.05) is 53.0 Å². The Morgan fingerprint density at radius 3 is 2.57 bits per heavy atom. The average molecular weight is 320 g/mol. The number of hydrogen-bond donors (Lipinski definition) is 3. The standard InChI is InChI=1S/C17H28N4O2/c1-18-17(20-9-10-21-11-13-23-14-12-21)19-8-2-3-15-4-6-16(22)7-5-15/h4-7,22H,2-3,8-14H2,1H3,(H2,18,19,20). The van der Waals surface area contributed by atoms with Crippen molar-refractivity contribution in [1.82, 2.24) is 15.5 Å². The van der Waals surface area contributed by atoms with Crippen LogP contribution in [0.25, 0.3) is 0 Å². The molecule has 1 aromatic rings. The molecule has 0 atom stereocenters. The molecule has 0 unspecified atom stereocenters. The maximum atomic E-state index is 9.26. The lowest BCUT2D eigenvalue weighted by atomic mass is 10.1. The van der Waals surface area contributed by atoms with Gasteiger partial charge in [0.05, 0.1) is 13.2 Å². The lowest BCUT2D eigenvalue weighted by Crippen LogP contribution is -2.44. The van der Waals surface area contributed by atoms with Gasteiger partial charge in [0, 0.05) is 39.8 Å². The number of phenols is 1. The van der Waals surface area contributed by atoms with Crippen LogP contribution in [0.15, 0.2) is 29.3 Å². The van der Waals surface area contributed by atoms with Gasteiger partial charge in [-0.2, -0.15) is 0 Å². The Labute approximate surface area is 138 Å². The summed E-state index contributed by atoms with van der Waals surface area (Å²) in [5.41, 5.74) is 1.24. The number of nitrogens with zero attached hydrogens (tertiary/aromatic N) is 2. The number of hydrogen-bond acceptors (Lipinski definition) is 4. The van der Waals surface area contributed by atoms with Gasteiger partial charge < -0.3 is 20.5 Å². The molecule has 128 valence electrons. The van der Waals surface area contributed by atoms with E-state index in [0.717, 1.165) is 64.7 Å². The quantitative estimate of drug-likeness (QED) is 0.394. The van der Waals surface area contributed by atoms with Crippen LogP contribution in [0.3, 0.4) is 0 Å². The van der Waals surface area contributed by atoms with Crippen molar-refractivity contribution in [3.63, 3.8) is 0 Å². The Kier molecular flexibility index (Phi) is 7.69. The first-order valence-electron chi connectivity index (χ1n) is 8.30. The van der Waals surface area contributed by atoms with Gasteiger partial charge >= 0.3 is 0 Å². The molecule has 3 N–H and O–H groups in total. The molecule has 0 saturated carbocycles. The molecule has 0 bridgehead atoms. The van der Waals surface area contributed by atoms with Crippen LogP contribution in [0.1, 0.15) is 12.0 Å². The maximum absolute atomic E-state index is 9.26. The highest BCUT2D eigenvalue weighted by Gasteiger charge is 2.09. The Morgan fingerprint density at radius 2 is 1.87 bits per heavy atom. The Hall–Kier alpha value is -1.79. The smallest absolute Gasteiger partial charge is 0.191 e. The Morgan fingerprint density at radius 1 is 1.17 bits per heavy atom. The van der Waals surface area contributed by atoms with Crippen molar-refractivity contribution in [1.29, 1.82) is 0 Å². The molecular formula is C17H28N4O2. The zero-order valence-electron chi connectivity index (χ0n) is 13.9. The summed E-state index contributed by atoms with van der Waals surface area (Å²) in [6.07, 6.45) is 2.01. The second-order valence-corrected chi connectivity index (χ2v) is 5.65. The summed E-state index contributed by atoms with van der Waals surface area (Å²) in [6, 6.07) is 7.39. The van der Waals surface area contributed by atoms with E-state index in [2.05, 4.69) is 20.5 Å². The molecule has 1 saturated heterocycles. The Balaban J connectivity index is 1.56. The van der Waals surface area contributed by atoms with E-state index in [4.69, 9.17) is 4.74 Å². The third kappa shape index (κ3) is 6.88. The fraction of sp³-hybridized carbons (Fsp3) is 0.588. The van der Waals surface area contributed by atoms with E-state index in [1.54, 1.807) is 19.2 Å². The van der Waals surface area contributed by atoms with Crippen LogP contribution in [0.4, 0.5) is 0 Å². The topological polar surface area (TPSA) is 69.1 Å². The summed E-state index contributed by atoms with van der Waals surface area (Å²) >= 11 is 0. The van der Waals surface area contributed by atoms with Crippen molar-refractivity contribution in [2.24, 2.45) is 4.99 Å². The van der Waals surface area contributed by atoms with Crippen molar-refractivity contribution in [3.8, 4) is 5.75 Å². The summed E-state index contributed by atoms with van der Waals surface area (Å²) in [6.45, 7) is 6.47. The number of aliphatic imine (C=N–C) groups is 1. The normalized spacial score (nSPS) is 16.3. The van der Waals surface area contributed by atoms with Gasteiger partial charge in [0.25, 0.3) is 0 Å². The predicted octanol–water partition coefficient (Wildman–Crippen LogP) is 0.822. The first kappa shape index (κ1) is 17.6. The average Bonchev–Trinajstić information content (AvgIpc) is 2.59. The highest BCUT2D eigenvalue weighted by atomic mass is 16.5. The molecule has 6 nitrogen and oxygen atoms in total. The van der Waals surface area contributed by atoms with Crippen LogP contribution in [0.5, 0.6) is 5.75 Å². The van der Waals surface area contributed by atoms with Crippen molar-refractivity contribution in [3.05, 3.63) is 29.8 Å². The van der Waals surface area contributed by atoms with Gasteiger partial charge in [-0.05, 0) is 30.5 Å². The molecule has 1 aromatic carbocycles. The Bertz CT molecular complexity index is 470. The molecule has 6 heteroatoms. The monoisotopic (exact) mass is 320 g/mol. The number of nitrogens with one attached hydrogen (secondary N) is 2. The number of benzene rings is 1. The van der Waals surface area contributed by atoms with E-state index in [1.807, 2.05) is 12.1 Å². The predicted molar refractivity (Wildman–Crippen MR) is 93.1 cm³/mol. The molecule has 0 spiro atoms.